The van der Waals surface area contributed by atoms with Gasteiger partial charge in [0.15, 0.2) is 0 Å². The van der Waals surface area contributed by atoms with Crippen molar-refractivity contribution in [1.29, 1.82) is 0 Å². The predicted octanol–water partition coefficient (Wildman–Crippen LogP) is 3.96. The lowest BCUT2D eigenvalue weighted by molar-refractivity contribution is 0.153. The van der Waals surface area contributed by atoms with Gasteiger partial charge in [0.1, 0.15) is 11.1 Å². The van der Waals surface area contributed by atoms with Gasteiger partial charge in [-0.15, -0.1) is 0 Å². The van der Waals surface area contributed by atoms with Gasteiger partial charge in [0.2, 0.25) is 0 Å². The van der Waals surface area contributed by atoms with Crippen LogP contribution in [-0.2, 0) is 9.57 Å². The lowest BCUT2D eigenvalue weighted by Crippen LogP contribution is -2.14. The third kappa shape index (κ3) is 4.01. The number of rotatable bonds is 2. The average Bonchev–Trinajstić information content (AvgIpc) is 2.76. The number of ether oxygens (including phenoxy) is 1. The van der Waals surface area contributed by atoms with Gasteiger partial charge in [-0.05, 0) is 25.1 Å². The van der Waals surface area contributed by atoms with Gasteiger partial charge in [0, 0.05) is 5.02 Å². The van der Waals surface area contributed by atoms with Crippen molar-refractivity contribution in [1.82, 2.24) is 0 Å². The van der Waals surface area contributed by atoms with E-state index in [-0.39, 0.29) is 6.10 Å². The predicted molar refractivity (Wildman–Crippen MR) is 77.0 cm³/mol. The monoisotopic (exact) mass is 320 g/mol. The Morgan fingerprint density at radius 1 is 1.58 bits per heavy atom. The second-order valence-corrected chi connectivity index (χ2v) is 5.41. The molecule has 0 aliphatic carbocycles. The Labute approximate surface area is 124 Å². The highest BCUT2D eigenvalue weighted by Gasteiger charge is 2.20. The summed E-state index contributed by atoms with van der Waals surface area (Å²) in [5, 5.41) is 7.62. The van der Waals surface area contributed by atoms with E-state index in [0.717, 1.165) is 0 Å². The zero-order valence-corrected chi connectivity index (χ0v) is 12.2. The van der Waals surface area contributed by atoms with Gasteiger partial charge in [-0.2, -0.15) is 0 Å². The highest BCUT2D eigenvalue weighted by Crippen LogP contribution is 2.25. The summed E-state index contributed by atoms with van der Waals surface area (Å²) in [6.45, 7) is 1.83. The van der Waals surface area contributed by atoms with Crippen molar-refractivity contribution in [3.63, 3.8) is 0 Å². The highest BCUT2D eigenvalue weighted by atomic mass is 35.5. The van der Waals surface area contributed by atoms with Crippen molar-refractivity contribution in [2.24, 2.45) is 5.16 Å². The topological polar surface area (TPSA) is 59.9 Å². The number of oxime groups is 1. The van der Waals surface area contributed by atoms with E-state index in [1.54, 1.807) is 12.1 Å². The van der Waals surface area contributed by atoms with Gasteiger partial charge in [-0.25, -0.2) is 4.79 Å². The first-order chi connectivity index (χ1) is 9.06. The molecule has 1 heterocycles. The van der Waals surface area contributed by atoms with Crippen LogP contribution in [0.3, 0.4) is 0 Å². The Morgan fingerprint density at radius 2 is 2.37 bits per heavy atom. The normalized spacial score (nSPS) is 20.6. The molecule has 1 saturated heterocycles. The zero-order valence-electron chi connectivity index (χ0n) is 9.85. The molecule has 0 bridgehead atoms. The van der Waals surface area contributed by atoms with E-state index in [4.69, 9.17) is 32.8 Å². The standard InChI is InChI=1S/C11H10Cl2N2O3S/c1-6-10(19-5-17-6)15-18-11(16)14-9-3-2-7(12)4-8(9)13/h2-4,6H,5H2,1H3,(H,14,16). The summed E-state index contributed by atoms with van der Waals surface area (Å²) >= 11 is 13.0. The molecule has 1 aliphatic rings. The highest BCUT2D eigenvalue weighted by molar-refractivity contribution is 8.14. The molecule has 5 nitrogen and oxygen atoms in total. The molecule has 1 amide bonds. The second-order valence-electron chi connectivity index (χ2n) is 3.63. The van der Waals surface area contributed by atoms with Crippen LogP contribution in [0.5, 0.6) is 0 Å². The molecule has 19 heavy (non-hydrogen) atoms. The van der Waals surface area contributed by atoms with E-state index in [1.165, 1.54) is 17.8 Å². The van der Waals surface area contributed by atoms with E-state index in [1.807, 2.05) is 6.92 Å². The second kappa shape index (κ2) is 6.47. The van der Waals surface area contributed by atoms with E-state index in [9.17, 15) is 4.79 Å². The van der Waals surface area contributed by atoms with Crippen molar-refractivity contribution in [2.75, 3.05) is 11.3 Å². The first kappa shape index (κ1) is 14.5. The number of hydrogen-bond acceptors (Lipinski definition) is 5. The van der Waals surface area contributed by atoms with Crippen molar-refractivity contribution >= 4 is 51.8 Å². The molecule has 1 aromatic carbocycles. The van der Waals surface area contributed by atoms with Gasteiger partial charge >= 0.3 is 6.09 Å². The molecule has 1 aromatic rings. The maximum absolute atomic E-state index is 11.5. The number of carbonyl (C=O) groups excluding carboxylic acids is 1. The summed E-state index contributed by atoms with van der Waals surface area (Å²) in [4.78, 5) is 16.3. The number of nitrogens with zero attached hydrogens (tertiary/aromatic N) is 1. The van der Waals surface area contributed by atoms with Crippen molar-refractivity contribution < 1.29 is 14.4 Å². The third-order valence-electron chi connectivity index (χ3n) is 2.26. The van der Waals surface area contributed by atoms with Crippen molar-refractivity contribution in [3.05, 3.63) is 28.2 Å². The molecule has 0 aromatic heterocycles. The summed E-state index contributed by atoms with van der Waals surface area (Å²) < 4.78 is 5.23. The van der Waals surface area contributed by atoms with Crippen molar-refractivity contribution in [2.45, 2.75) is 13.0 Å². The van der Waals surface area contributed by atoms with Crippen LogP contribution in [0, 0.1) is 0 Å². The molecular weight excluding hydrogens is 311 g/mol. The third-order valence-corrected chi connectivity index (χ3v) is 3.76. The Morgan fingerprint density at radius 3 is 3.00 bits per heavy atom. The Kier molecular flexibility index (Phi) is 4.93. The first-order valence-corrected chi connectivity index (χ1v) is 7.06. The lowest BCUT2D eigenvalue weighted by Gasteiger charge is -2.06. The zero-order chi connectivity index (χ0) is 13.8. The Balaban J connectivity index is 1.94. The molecular formula is C11H10Cl2N2O3S. The minimum atomic E-state index is -0.726. The van der Waals surface area contributed by atoms with Gasteiger partial charge in [0.25, 0.3) is 0 Å². The summed E-state index contributed by atoms with van der Waals surface area (Å²) in [6.07, 6.45) is -0.881. The summed E-state index contributed by atoms with van der Waals surface area (Å²) in [5.74, 6) is 0.508. The van der Waals surface area contributed by atoms with Crippen LogP contribution in [0.2, 0.25) is 10.0 Å². The number of nitrogens with one attached hydrogen (secondary N) is 1. The summed E-state index contributed by atoms with van der Waals surface area (Å²) in [6, 6.07) is 4.71. The van der Waals surface area contributed by atoms with Crippen LogP contribution in [-0.4, -0.2) is 23.2 Å². The van der Waals surface area contributed by atoms with Crippen LogP contribution in [0.4, 0.5) is 10.5 Å². The minimum Gasteiger partial charge on any atom is -0.361 e. The number of thioether (sulfide) groups is 1. The number of anilines is 1. The first-order valence-electron chi connectivity index (χ1n) is 5.31. The number of amides is 1. The maximum Gasteiger partial charge on any atom is 0.437 e. The average molecular weight is 321 g/mol. The van der Waals surface area contributed by atoms with Crippen LogP contribution in [0.15, 0.2) is 23.4 Å². The number of benzene rings is 1. The van der Waals surface area contributed by atoms with Gasteiger partial charge in [-0.1, -0.05) is 40.1 Å². The molecule has 1 fully saturated rings. The Bertz CT molecular complexity index is 525. The van der Waals surface area contributed by atoms with Crippen molar-refractivity contribution in [3.8, 4) is 0 Å². The molecule has 102 valence electrons. The number of halogens is 2. The van der Waals surface area contributed by atoms with Crippen LogP contribution in [0.25, 0.3) is 0 Å². The fraction of sp³-hybridized carbons (Fsp3) is 0.273. The molecule has 1 atom stereocenters. The Hall–Kier alpha value is -0.950. The fourth-order valence-electron chi connectivity index (χ4n) is 1.30. The van der Waals surface area contributed by atoms with E-state index in [2.05, 4.69) is 10.5 Å². The van der Waals surface area contributed by atoms with Crippen LogP contribution < -0.4 is 5.32 Å². The largest absolute Gasteiger partial charge is 0.437 e. The molecule has 2 rings (SSSR count). The molecule has 0 saturated carbocycles. The lowest BCUT2D eigenvalue weighted by atomic mass is 10.3. The smallest absolute Gasteiger partial charge is 0.361 e. The van der Waals surface area contributed by atoms with Gasteiger partial charge in [-0.3, -0.25) is 10.2 Å². The quantitative estimate of drug-likeness (QED) is 0.661. The molecule has 0 radical (unpaired) electrons. The van der Waals surface area contributed by atoms with Crippen LogP contribution >= 0.6 is 35.0 Å². The van der Waals surface area contributed by atoms with E-state index >= 15 is 0 Å². The van der Waals surface area contributed by atoms with Crippen LogP contribution in [0.1, 0.15) is 6.92 Å². The van der Waals surface area contributed by atoms with E-state index < -0.39 is 6.09 Å². The SMILES string of the molecule is CC1OCSC1=NOC(=O)Nc1ccc(Cl)cc1Cl. The maximum atomic E-state index is 11.5. The van der Waals surface area contributed by atoms with Gasteiger partial charge in [0.05, 0.1) is 16.6 Å². The summed E-state index contributed by atoms with van der Waals surface area (Å²) in [5.41, 5.74) is 0.402. The molecule has 1 N–H and O–H groups in total. The molecule has 0 spiro atoms. The van der Waals surface area contributed by atoms with Gasteiger partial charge < -0.3 is 4.74 Å². The minimum absolute atomic E-state index is 0.156. The number of carbonyl (C=O) groups is 1. The number of hydrogen-bond donors (Lipinski definition) is 1. The van der Waals surface area contributed by atoms with E-state index in [0.29, 0.717) is 26.7 Å². The molecule has 1 aliphatic heterocycles. The fourth-order valence-corrected chi connectivity index (χ4v) is 2.54. The molecule has 1 unspecified atom stereocenters. The molecule has 8 heteroatoms. The summed E-state index contributed by atoms with van der Waals surface area (Å²) in [7, 11) is 0.